The Balaban J connectivity index is 1.77. The average Bonchev–Trinajstić information content (AvgIpc) is 3.05. The van der Waals surface area contributed by atoms with Gasteiger partial charge in [-0.3, -0.25) is 4.79 Å². The van der Waals surface area contributed by atoms with E-state index >= 15 is 0 Å². The lowest BCUT2D eigenvalue weighted by atomic mass is 10.1. The molecule has 140 valence electrons. The van der Waals surface area contributed by atoms with Gasteiger partial charge in [-0.05, 0) is 42.7 Å². The van der Waals surface area contributed by atoms with Gasteiger partial charge in [-0.1, -0.05) is 12.1 Å². The van der Waals surface area contributed by atoms with E-state index in [1.54, 1.807) is 30.2 Å². The van der Waals surface area contributed by atoms with Crippen LogP contribution in [0.15, 0.2) is 34.5 Å². The van der Waals surface area contributed by atoms with Crippen LogP contribution in [0.4, 0.5) is 0 Å². The number of hydrogen-bond acceptors (Lipinski definition) is 5. The SMILES string of the molecule is COc1ccc([C@@H](C)NS(=O)(=O)c2cc3c(s2)CCN(C(C)=O)C3)cc1. The molecule has 0 fully saturated rings. The number of hydrogen-bond donors (Lipinski definition) is 1. The molecule has 1 amide bonds. The van der Waals surface area contributed by atoms with Crippen molar-refractivity contribution in [3.8, 4) is 5.75 Å². The van der Waals surface area contributed by atoms with Crippen LogP contribution in [-0.4, -0.2) is 32.9 Å². The fourth-order valence-electron chi connectivity index (χ4n) is 2.96. The van der Waals surface area contributed by atoms with Crippen molar-refractivity contribution in [3.63, 3.8) is 0 Å². The number of carbonyl (C=O) groups excluding carboxylic acids is 1. The summed E-state index contributed by atoms with van der Waals surface area (Å²) in [4.78, 5) is 14.3. The quantitative estimate of drug-likeness (QED) is 0.846. The van der Waals surface area contributed by atoms with E-state index in [1.165, 1.54) is 18.3 Å². The first-order valence-electron chi connectivity index (χ1n) is 8.33. The molecule has 8 heteroatoms. The minimum atomic E-state index is -3.62. The molecule has 1 aliphatic heterocycles. The molecule has 1 N–H and O–H groups in total. The van der Waals surface area contributed by atoms with E-state index in [4.69, 9.17) is 4.74 Å². The highest BCUT2D eigenvalue weighted by Crippen LogP contribution is 2.31. The smallest absolute Gasteiger partial charge is 0.250 e. The normalized spacial score (nSPS) is 15.4. The predicted molar refractivity (Wildman–Crippen MR) is 101 cm³/mol. The average molecular weight is 395 g/mol. The van der Waals surface area contributed by atoms with E-state index in [2.05, 4.69) is 4.72 Å². The van der Waals surface area contributed by atoms with Crippen LogP contribution in [-0.2, 0) is 27.8 Å². The predicted octanol–water partition coefficient (Wildman–Crippen LogP) is 2.70. The zero-order valence-corrected chi connectivity index (χ0v) is 16.6. The van der Waals surface area contributed by atoms with Crippen LogP contribution in [0.5, 0.6) is 5.75 Å². The Kier molecular flexibility index (Phi) is 5.36. The number of fused-ring (bicyclic) bond motifs is 1. The number of ether oxygens (including phenoxy) is 1. The molecule has 0 spiro atoms. The summed E-state index contributed by atoms with van der Waals surface area (Å²) < 4.78 is 33.7. The molecule has 1 aromatic carbocycles. The number of nitrogens with zero attached hydrogens (tertiary/aromatic N) is 1. The van der Waals surface area contributed by atoms with Gasteiger partial charge in [0.25, 0.3) is 10.0 Å². The maximum atomic E-state index is 12.8. The second-order valence-corrected chi connectivity index (χ2v) is 9.40. The lowest BCUT2D eigenvalue weighted by Crippen LogP contribution is -2.33. The zero-order chi connectivity index (χ0) is 18.9. The largest absolute Gasteiger partial charge is 0.497 e. The van der Waals surface area contributed by atoms with Crippen LogP contribution in [0.2, 0.25) is 0 Å². The minimum Gasteiger partial charge on any atom is -0.497 e. The number of methoxy groups -OCH3 is 1. The van der Waals surface area contributed by atoms with E-state index < -0.39 is 10.0 Å². The van der Waals surface area contributed by atoms with Crippen molar-refractivity contribution in [2.45, 2.75) is 37.1 Å². The number of thiophene rings is 1. The summed E-state index contributed by atoms with van der Waals surface area (Å²) in [6, 6.07) is 8.63. The van der Waals surface area contributed by atoms with Gasteiger partial charge in [0.1, 0.15) is 9.96 Å². The van der Waals surface area contributed by atoms with E-state index in [1.807, 2.05) is 19.1 Å². The van der Waals surface area contributed by atoms with E-state index in [9.17, 15) is 13.2 Å². The number of sulfonamides is 1. The van der Waals surface area contributed by atoms with Gasteiger partial charge in [-0.15, -0.1) is 11.3 Å². The molecule has 1 aromatic heterocycles. The van der Waals surface area contributed by atoms with Crippen molar-refractivity contribution in [2.75, 3.05) is 13.7 Å². The molecule has 0 unspecified atom stereocenters. The third-order valence-electron chi connectivity index (χ3n) is 4.50. The summed E-state index contributed by atoms with van der Waals surface area (Å²) in [6.45, 7) is 4.46. The molecule has 3 rings (SSSR count). The van der Waals surface area contributed by atoms with Gasteiger partial charge in [-0.25, -0.2) is 13.1 Å². The third-order valence-corrected chi connectivity index (χ3v) is 7.75. The fourth-order valence-corrected chi connectivity index (χ4v) is 5.75. The van der Waals surface area contributed by atoms with Crippen molar-refractivity contribution >= 4 is 27.3 Å². The van der Waals surface area contributed by atoms with Gasteiger partial charge in [-0.2, -0.15) is 0 Å². The Bertz CT molecular complexity index is 904. The fraction of sp³-hybridized carbons (Fsp3) is 0.389. The summed E-state index contributed by atoms with van der Waals surface area (Å²) in [5, 5.41) is 0. The summed E-state index contributed by atoms with van der Waals surface area (Å²) in [6.07, 6.45) is 0.698. The van der Waals surface area contributed by atoms with Gasteiger partial charge < -0.3 is 9.64 Å². The molecule has 0 aliphatic carbocycles. The van der Waals surface area contributed by atoms with Crippen LogP contribution >= 0.6 is 11.3 Å². The monoisotopic (exact) mass is 394 g/mol. The maximum Gasteiger partial charge on any atom is 0.250 e. The molecule has 0 radical (unpaired) electrons. The molecule has 0 saturated heterocycles. The molecule has 2 heterocycles. The lowest BCUT2D eigenvalue weighted by Gasteiger charge is -2.25. The molecule has 2 aromatic rings. The minimum absolute atomic E-state index is 0.0116. The Morgan fingerprint density at radius 1 is 1.31 bits per heavy atom. The first-order valence-corrected chi connectivity index (χ1v) is 10.6. The Labute approximate surface area is 157 Å². The number of nitrogens with one attached hydrogen (secondary N) is 1. The molecule has 6 nitrogen and oxygen atoms in total. The standard InChI is InChI=1S/C18H22N2O4S2/c1-12(14-4-6-16(24-3)7-5-14)19-26(22,23)18-10-15-11-20(13(2)21)9-8-17(15)25-18/h4-7,10,12,19H,8-9,11H2,1-3H3/t12-/m1/s1. The number of benzene rings is 1. The van der Waals surface area contributed by atoms with Crippen LogP contribution in [0.25, 0.3) is 0 Å². The van der Waals surface area contributed by atoms with Crippen molar-refractivity contribution in [3.05, 3.63) is 46.3 Å². The number of carbonyl (C=O) groups is 1. The van der Waals surface area contributed by atoms with Crippen molar-refractivity contribution in [2.24, 2.45) is 0 Å². The van der Waals surface area contributed by atoms with Crippen molar-refractivity contribution in [1.29, 1.82) is 0 Å². The molecule has 0 saturated carbocycles. The Morgan fingerprint density at radius 2 is 2.00 bits per heavy atom. The second kappa shape index (κ2) is 7.38. The zero-order valence-electron chi connectivity index (χ0n) is 15.0. The molecule has 1 atom stereocenters. The highest BCUT2D eigenvalue weighted by molar-refractivity contribution is 7.91. The van der Waals surface area contributed by atoms with Crippen LogP contribution in [0.1, 0.15) is 35.9 Å². The first-order chi connectivity index (χ1) is 12.3. The van der Waals surface area contributed by atoms with Crippen molar-refractivity contribution in [1.82, 2.24) is 9.62 Å². The highest BCUT2D eigenvalue weighted by Gasteiger charge is 2.26. The third kappa shape index (κ3) is 3.92. The topological polar surface area (TPSA) is 75.7 Å². The molecule has 0 bridgehead atoms. The van der Waals surface area contributed by atoms with E-state index in [0.29, 0.717) is 23.7 Å². The molecular weight excluding hydrogens is 372 g/mol. The number of rotatable bonds is 5. The van der Waals surface area contributed by atoms with Crippen LogP contribution in [0, 0.1) is 0 Å². The van der Waals surface area contributed by atoms with Gasteiger partial charge >= 0.3 is 0 Å². The summed E-state index contributed by atoms with van der Waals surface area (Å²) in [7, 11) is -2.03. The Hall–Kier alpha value is -1.90. The van der Waals surface area contributed by atoms with Gasteiger partial charge in [0.15, 0.2) is 0 Å². The maximum absolute atomic E-state index is 12.8. The first kappa shape index (κ1) is 18.9. The lowest BCUT2D eigenvalue weighted by molar-refractivity contribution is -0.129. The van der Waals surface area contributed by atoms with Crippen LogP contribution < -0.4 is 9.46 Å². The molecule has 26 heavy (non-hydrogen) atoms. The number of amides is 1. The summed E-state index contributed by atoms with van der Waals surface area (Å²) in [5.41, 5.74) is 1.78. The Morgan fingerprint density at radius 3 is 2.62 bits per heavy atom. The van der Waals surface area contributed by atoms with E-state index in [0.717, 1.165) is 21.8 Å². The van der Waals surface area contributed by atoms with Gasteiger partial charge in [0.05, 0.1) is 7.11 Å². The highest BCUT2D eigenvalue weighted by atomic mass is 32.2. The van der Waals surface area contributed by atoms with Gasteiger partial charge in [0, 0.05) is 30.9 Å². The summed E-state index contributed by atoms with van der Waals surface area (Å²) >= 11 is 1.29. The van der Waals surface area contributed by atoms with Gasteiger partial charge in [0.2, 0.25) is 5.91 Å². The van der Waals surface area contributed by atoms with Crippen LogP contribution in [0.3, 0.4) is 0 Å². The molecule has 1 aliphatic rings. The summed E-state index contributed by atoms with van der Waals surface area (Å²) in [5.74, 6) is 0.738. The molecular formula is C18H22N2O4S2. The second-order valence-electron chi connectivity index (χ2n) is 6.32. The van der Waals surface area contributed by atoms with Crippen molar-refractivity contribution < 1.29 is 17.9 Å². The van der Waals surface area contributed by atoms with E-state index in [-0.39, 0.29) is 11.9 Å².